The number of fused-ring (bicyclic) bond motifs is 3. The van der Waals surface area contributed by atoms with E-state index in [4.69, 9.17) is 19.5 Å². The molecule has 2 saturated heterocycles. The highest BCUT2D eigenvalue weighted by atomic mass is 16.5. The lowest BCUT2D eigenvalue weighted by Gasteiger charge is -2.45. The molecule has 2 unspecified atom stereocenters. The number of hydrogen-bond donors (Lipinski definition) is 1. The molecule has 0 radical (unpaired) electrons. The van der Waals surface area contributed by atoms with Gasteiger partial charge in [-0.3, -0.25) is 19.4 Å². The van der Waals surface area contributed by atoms with Gasteiger partial charge in [-0.15, -0.1) is 0 Å². The number of benzene rings is 2. The largest absolute Gasteiger partial charge is 0.494 e. The van der Waals surface area contributed by atoms with Crippen molar-refractivity contribution in [3.05, 3.63) is 53.6 Å². The Morgan fingerprint density at radius 3 is 2.71 bits per heavy atom. The van der Waals surface area contributed by atoms with Crippen LogP contribution in [0, 0.1) is 11.3 Å². The van der Waals surface area contributed by atoms with Gasteiger partial charge in [0.2, 0.25) is 0 Å². The van der Waals surface area contributed by atoms with E-state index in [1.165, 1.54) is 0 Å². The van der Waals surface area contributed by atoms with E-state index in [2.05, 4.69) is 21.2 Å². The van der Waals surface area contributed by atoms with Crippen molar-refractivity contribution in [2.24, 2.45) is 0 Å². The Balaban J connectivity index is 1.08. The molecular formula is C26H28N4O5. The van der Waals surface area contributed by atoms with Crippen molar-refractivity contribution in [3.63, 3.8) is 0 Å². The summed E-state index contributed by atoms with van der Waals surface area (Å²) in [5, 5.41) is 11.7. The summed E-state index contributed by atoms with van der Waals surface area (Å²) in [6, 6.07) is 14.5. The highest BCUT2D eigenvalue weighted by molar-refractivity contribution is 6.01. The molecular weight excluding hydrogens is 448 g/mol. The van der Waals surface area contributed by atoms with Crippen LogP contribution in [0.2, 0.25) is 0 Å². The molecule has 3 heterocycles. The number of Topliss-reactive ketones (excluding diaryl/α,β-unsaturated/α-hetero) is 1. The fraction of sp³-hybridized carbons (Fsp3) is 0.423. The van der Waals surface area contributed by atoms with E-state index in [-0.39, 0.29) is 30.5 Å². The summed E-state index contributed by atoms with van der Waals surface area (Å²) >= 11 is 0. The Bertz CT molecular complexity index is 1130. The minimum atomic E-state index is -0.215. The zero-order chi connectivity index (χ0) is 24.2. The molecule has 3 aliphatic rings. The summed E-state index contributed by atoms with van der Waals surface area (Å²) in [5.41, 5.74) is 1.70. The van der Waals surface area contributed by atoms with Crippen LogP contribution in [0.1, 0.15) is 22.3 Å². The molecule has 1 amide bonds. The minimum absolute atomic E-state index is 0.00288. The quantitative estimate of drug-likeness (QED) is 0.455. The Labute approximate surface area is 204 Å². The Morgan fingerprint density at radius 2 is 1.91 bits per heavy atom. The maximum Gasteiger partial charge on any atom is 0.262 e. The van der Waals surface area contributed by atoms with E-state index in [0.29, 0.717) is 48.8 Å². The third-order valence-corrected chi connectivity index (χ3v) is 6.38. The fourth-order valence-corrected chi connectivity index (χ4v) is 4.86. The maximum atomic E-state index is 12.9. The van der Waals surface area contributed by atoms with Crippen LogP contribution in [-0.2, 0) is 9.53 Å². The molecule has 3 aliphatic heterocycles. The van der Waals surface area contributed by atoms with Crippen molar-refractivity contribution in [2.75, 3.05) is 57.8 Å². The summed E-state index contributed by atoms with van der Waals surface area (Å²) in [4.78, 5) is 29.1. The number of nitrogens with zero attached hydrogens (tertiary/aromatic N) is 3. The minimum Gasteiger partial charge on any atom is -0.494 e. The predicted octanol–water partition coefficient (Wildman–Crippen LogP) is 1.93. The molecule has 1 N–H and O–H groups in total. The van der Waals surface area contributed by atoms with Gasteiger partial charge in [-0.2, -0.15) is 5.26 Å². The molecule has 9 heteroatoms. The lowest BCUT2D eigenvalue weighted by atomic mass is 10.1. The van der Waals surface area contributed by atoms with Crippen LogP contribution in [0.3, 0.4) is 0 Å². The van der Waals surface area contributed by atoms with Crippen LogP contribution in [-0.4, -0.2) is 86.2 Å². The maximum absolute atomic E-state index is 12.9. The average molecular weight is 477 g/mol. The lowest BCUT2D eigenvalue weighted by Crippen LogP contribution is -2.60. The first-order valence-corrected chi connectivity index (χ1v) is 11.9. The van der Waals surface area contributed by atoms with Gasteiger partial charge in [-0.05, 0) is 42.8 Å². The van der Waals surface area contributed by atoms with Gasteiger partial charge in [0.05, 0.1) is 42.7 Å². The number of morpholine rings is 2. The first kappa shape index (κ1) is 23.3. The number of nitrogens with one attached hydrogen (secondary N) is 1. The van der Waals surface area contributed by atoms with Crippen molar-refractivity contribution < 1.29 is 23.8 Å². The number of ether oxygens (including phenoxy) is 3. The SMILES string of the molecule is N#Cc1cccc(OCCCN2CC3CN(CC(=O)c4ccc5c(c4)NC(=O)CO5)CC(C2)O3)c1. The van der Waals surface area contributed by atoms with E-state index in [1.54, 1.807) is 30.3 Å². The third-order valence-electron chi connectivity index (χ3n) is 6.38. The van der Waals surface area contributed by atoms with Crippen molar-refractivity contribution in [2.45, 2.75) is 18.6 Å². The Kier molecular flexibility index (Phi) is 6.95. The second kappa shape index (κ2) is 10.4. The lowest BCUT2D eigenvalue weighted by molar-refractivity contribution is -0.136. The second-order valence-corrected chi connectivity index (χ2v) is 9.15. The molecule has 2 aromatic rings. The predicted molar refractivity (Wildman–Crippen MR) is 128 cm³/mol. The van der Waals surface area contributed by atoms with E-state index in [0.717, 1.165) is 31.8 Å². The molecule has 0 saturated carbocycles. The van der Waals surface area contributed by atoms with Gasteiger partial charge < -0.3 is 19.5 Å². The van der Waals surface area contributed by atoms with Gasteiger partial charge in [-0.1, -0.05) is 6.07 Å². The van der Waals surface area contributed by atoms with Crippen LogP contribution in [0.15, 0.2) is 42.5 Å². The van der Waals surface area contributed by atoms with E-state index in [1.807, 2.05) is 12.1 Å². The number of nitriles is 1. The number of ketones is 1. The van der Waals surface area contributed by atoms with Crippen LogP contribution in [0.5, 0.6) is 11.5 Å². The molecule has 2 atom stereocenters. The zero-order valence-corrected chi connectivity index (χ0v) is 19.4. The number of carbonyl (C=O) groups is 2. The van der Waals surface area contributed by atoms with Crippen LogP contribution >= 0.6 is 0 Å². The summed E-state index contributed by atoms with van der Waals surface area (Å²) in [6.07, 6.45) is 1.02. The highest BCUT2D eigenvalue weighted by Crippen LogP contribution is 2.29. The summed E-state index contributed by atoms with van der Waals surface area (Å²) < 4.78 is 17.3. The first-order valence-electron chi connectivity index (χ1n) is 11.9. The molecule has 2 aromatic carbocycles. The van der Waals surface area contributed by atoms with Gasteiger partial charge in [-0.25, -0.2) is 0 Å². The molecule has 9 nitrogen and oxygen atoms in total. The third kappa shape index (κ3) is 5.80. The van der Waals surface area contributed by atoms with E-state index >= 15 is 0 Å². The van der Waals surface area contributed by atoms with Gasteiger partial charge in [0, 0.05) is 38.3 Å². The fourth-order valence-electron chi connectivity index (χ4n) is 4.86. The summed E-state index contributed by atoms with van der Waals surface area (Å²) in [7, 11) is 0. The number of carbonyl (C=O) groups excluding carboxylic acids is 2. The average Bonchev–Trinajstić information content (AvgIpc) is 2.85. The highest BCUT2D eigenvalue weighted by Gasteiger charge is 2.35. The van der Waals surface area contributed by atoms with Crippen molar-refractivity contribution in [1.29, 1.82) is 5.26 Å². The molecule has 2 bridgehead atoms. The second-order valence-electron chi connectivity index (χ2n) is 9.15. The zero-order valence-electron chi connectivity index (χ0n) is 19.4. The van der Waals surface area contributed by atoms with Crippen molar-refractivity contribution in [3.8, 4) is 17.6 Å². The van der Waals surface area contributed by atoms with E-state index in [9.17, 15) is 9.59 Å². The molecule has 182 valence electrons. The number of anilines is 1. The van der Waals surface area contributed by atoms with Crippen LogP contribution in [0.25, 0.3) is 0 Å². The summed E-state index contributed by atoms with van der Waals surface area (Å²) in [5.74, 6) is 1.11. The Hall–Kier alpha value is -3.45. The monoisotopic (exact) mass is 476 g/mol. The van der Waals surface area contributed by atoms with Gasteiger partial charge in [0.15, 0.2) is 12.4 Å². The van der Waals surface area contributed by atoms with Gasteiger partial charge in [0.1, 0.15) is 11.5 Å². The summed E-state index contributed by atoms with van der Waals surface area (Å²) in [6.45, 7) is 4.89. The molecule has 2 fully saturated rings. The molecule has 5 rings (SSSR count). The molecule has 0 aromatic heterocycles. The van der Waals surface area contributed by atoms with Crippen LogP contribution in [0.4, 0.5) is 5.69 Å². The molecule has 0 spiro atoms. The molecule has 0 aliphatic carbocycles. The Morgan fingerprint density at radius 1 is 1.11 bits per heavy atom. The van der Waals surface area contributed by atoms with Gasteiger partial charge >= 0.3 is 0 Å². The van der Waals surface area contributed by atoms with Gasteiger partial charge in [0.25, 0.3) is 5.91 Å². The van der Waals surface area contributed by atoms with Crippen molar-refractivity contribution in [1.82, 2.24) is 9.80 Å². The van der Waals surface area contributed by atoms with Crippen LogP contribution < -0.4 is 14.8 Å². The number of hydrogen-bond acceptors (Lipinski definition) is 8. The standard InChI is InChI=1S/C26H28N4O5/c27-11-18-3-1-4-20(9-18)33-8-2-7-29-12-21-14-30(15-22(13-29)35-21)16-24(31)19-5-6-25-23(10-19)28-26(32)17-34-25/h1,3-6,9-10,21-22H,2,7-8,12-17H2,(H,28,32). The molecule has 35 heavy (non-hydrogen) atoms. The number of amides is 1. The first-order chi connectivity index (χ1) is 17.1. The van der Waals surface area contributed by atoms with Crippen molar-refractivity contribution >= 4 is 17.4 Å². The topological polar surface area (TPSA) is 104 Å². The normalized spacial score (nSPS) is 21.9. The smallest absolute Gasteiger partial charge is 0.262 e. The number of rotatable bonds is 8. The van der Waals surface area contributed by atoms with E-state index < -0.39 is 0 Å².